The molecule has 28 heavy (non-hydrogen) atoms. The molecular weight excluding hydrogens is 362 g/mol. The molecule has 0 saturated carbocycles. The van der Waals surface area contributed by atoms with E-state index in [0.29, 0.717) is 28.5 Å². The van der Waals surface area contributed by atoms with Crippen LogP contribution in [0.2, 0.25) is 0 Å². The second-order valence-electron chi connectivity index (χ2n) is 7.80. The number of fused-ring (bicyclic) bond motifs is 1. The summed E-state index contributed by atoms with van der Waals surface area (Å²) in [7, 11) is 0. The molecule has 0 aliphatic heterocycles. The largest absolute Gasteiger partial charge is 0.444 e. The molecule has 7 heteroatoms. The highest BCUT2D eigenvalue weighted by Gasteiger charge is 2.25. The number of hydrogen-bond donors (Lipinski definition) is 1. The van der Waals surface area contributed by atoms with Gasteiger partial charge in [-0.15, -0.1) is 0 Å². The number of aryl methyl sites for hydroxylation is 2. The van der Waals surface area contributed by atoms with E-state index in [1.807, 2.05) is 6.92 Å². The minimum atomic E-state index is -0.873. The fourth-order valence-corrected chi connectivity index (χ4v) is 2.73. The number of amides is 1. The van der Waals surface area contributed by atoms with E-state index in [1.54, 1.807) is 53.7 Å². The van der Waals surface area contributed by atoms with E-state index in [2.05, 4.69) is 5.32 Å². The molecule has 1 N–H and O–H groups in total. The molecule has 0 bridgehead atoms. The van der Waals surface area contributed by atoms with Gasteiger partial charge in [0.2, 0.25) is 0 Å². The van der Waals surface area contributed by atoms with Crippen LogP contribution in [0.15, 0.2) is 21.3 Å². The van der Waals surface area contributed by atoms with Gasteiger partial charge in [0.15, 0.2) is 0 Å². The number of alkyl carbamates (subject to hydrolysis) is 1. The third-order valence-corrected chi connectivity index (χ3v) is 4.25. The van der Waals surface area contributed by atoms with E-state index in [0.717, 1.165) is 5.56 Å². The van der Waals surface area contributed by atoms with Gasteiger partial charge in [0.1, 0.15) is 23.0 Å². The molecule has 0 radical (unpaired) electrons. The summed E-state index contributed by atoms with van der Waals surface area (Å²) < 4.78 is 16.1. The molecule has 0 spiro atoms. The highest BCUT2D eigenvalue weighted by Crippen LogP contribution is 2.31. The summed E-state index contributed by atoms with van der Waals surface area (Å²) in [6.45, 7) is 12.2. The Hall–Kier alpha value is -2.83. The van der Waals surface area contributed by atoms with Gasteiger partial charge in [-0.2, -0.15) is 0 Å². The highest BCUT2D eigenvalue weighted by atomic mass is 16.6. The van der Waals surface area contributed by atoms with Crippen LogP contribution in [0.1, 0.15) is 50.8 Å². The number of rotatable bonds is 4. The molecule has 2 aromatic rings. The summed E-state index contributed by atoms with van der Waals surface area (Å²) in [5.74, 6) is -0.336. The lowest BCUT2D eigenvalue weighted by molar-refractivity contribution is -0.136. The zero-order chi connectivity index (χ0) is 21.2. The average molecular weight is 389 g/mol. The first-order valence-corrected chi connectivity index (χ1v) is 9.18. The maximum absolute atomic E-state index is 12.7. The molecule has 1 amide bonds. The summed E-state index contributed by atoms with van der Waals surface area (Å²) in [5.41, 5.74) is 1.16. The molecule has 0 saturated heterocycles. The summed E-state index contributed by atoms with van der Waals surface area (Å²) in [4.78, 5) is 36.6. The normalized spacial score (nSPS) is 12.5. The number of hydrogen-bond acceptors (Lipinski definition) is 6. The molecular formula is C21H27NO6. The van der Waals surface area contributed by atoms with E-state index in [9.17, 15) is 14.4 Å². The summed E-state index contributed by atoms with van der Waals surface area (Å²) >= 11 is 0. The fourth-order valence-electron chi connectivity index (χ4n) is 2.73. The van der Waals surface area contributed by atoms with Gasteiger partial charge in [0.25, 0.3) is 0 Å². The predicted octanol–water partition coefficient (Wildman–Crippen LogP) is 3.93. The molecule has 1 unspecified atom stereocenters. The van der Waals surface area contributed by atoms with Crippen LogP contribution in [0.3, 0.4) is 0 Å². The number of ether oxygens (including phenoxy) is 2. The Morgan fingerprint density at radius 2 is 1.79 bits per heavy atom. The van der Waals surface area contributed by atoms with E-state index >= 15 is 0 Å². The van der Waals surface area contributed by atoms with Gasteiger partial charge in [0, 0.05) is 5.56 Å². The number of esters is 1. The minimum absolute atomic E-state index is 0.286. The third-order valence-electron chi connectivity index (χ3n) is 4.25. The smallest absolute Gasteiger partial charge is 0.408 e. The van der Waals surface area contributed by atoms with Crippen LogP contribution in [0.4, 0.5) is 4.79 Å². The quantitative estimate of drug-likeness (QED) is 0.484. The van der Waals surface area contributed by atoms with Gasteiger partial charge in [0.05, 0.1) is 5.39 Å². The first kappa shape index (κ1) is 21.5. The van der Waals surface area contributed by atoms with Crippen molar-refractivity contribution in [1.29, 1.82) is 0 Å². The first-order chi connectivity index (χ1) is 12.9. The molecule has 7 nitrogen and oxygen atoms in total. The molecule has 152 valence electrons. The van der Waals surface area contributed by atoms with E-state index in [4.69, 9.17) is 13.9 Å². The van der Waals surface area contributed by atoms with Crippen LogP contribution in [0.25, 0.3) is 11.0 Å². The SMILES string of the molecule is CCC(NC(=O)OC(C)(C)C)C(=O)Oc1cc(C)cc2oc(=O)c(C)c(C)c12. The summed E-state index contributed by atoms with van der Waals surface area (Å²) in [6, 6.07) is 2.55. The van der Waals surface area contributed by atoms with Crippen LogP contribution >= 0.6 is 0 Å². The van der Waals surface area contributed by atoms with Crippen LogP contribution in [0.5, 0.6) is 5.75 Å². The van der Waals surface area contributed by atoms with E-state index in [1.165, 1.54) is 0 Å². The van der Waals surface area contributed by atoms with Gasteiger partial charge in [-0.25, -0.2) is 14.4 Å². The van der Waals surface area contributed by atoms with E-state index < -0.39 is 29.3 Å². The second-order valence-corrected chi connectivity index (χ2v) is 7.80. The maximum atomic E-state index is 12.7. The minimum Gasteiger partial charge on any atom is -0.444 e. The summed E-state index contributed by atoms with van der Waals surface area (Å²) in [6.07, 6.45) is -0.363. The third kappa shape index (κ3) is 4.91. The molecule has 0 aliphatic carbocycles. The second kappa shape index (κ2) is 8.04. The van der Waals surface area contributed by atoms with Crippen molar-refractivity contribution in [3.05, 3.63) is 39.2 Å². The lowest BCUT2D eigenvalue weighted by atomic mass is 10.0. The fraction of sp³-hybridized carbons (Fsp3) is 0.476. The molecule has 0 fully saturated rings. The van der Waals surface area contributed by atoms with Gasteiger partial charge >= 0.3 is 17.7 Å². The van der Waals surface area contributed by atoms with Crippen LogP contribution in [0, 0.1) is 20.8 Å². The molecule has 1 aromatic carbocycles. The van der Waals surface area contributed by atoms with Crippen LogP contribution in [-0.2, 0) is 9.53 Å². The maximum Gasteiger partial charge on any atom is 0.408 e. The lowest BCUT2D eigenvalue weighted by Gasteiger charge is -2.22. The molecule has 1 atom stereocenters. The van der Waals surface area contributed by atoms with Crippen LogP contribution < -0.4 is 15.7 Å². The number of benzene rings is 1. The number of carbonyl (C=O) groups is 2. The highest BCUT2D eigenvalue weighted by molar-refractivity contribution is 5.92. The molecule has 1 aromatic heterocycles. The Kier molecular flexibility index (Phi) is 6.17. The van der Waals surface area contributed by atoms with Crippen molar-refractivity contribution in [3.8, 4) is 5.75 Å². The average Bonchev–Trinajstić information content (AvgIpc) is 2.55. The van der Waals surface area contributed by atoms with Gasteiger partial charge in [-0.1, -0.05) is 6.92 Å². The van der Waals surface area contributed by atoms with E-state index in [-0.39, 0.29) is 5.75 Å². The predicted molar refractivity (Wildman–Crippen MR) is 106 cm³/mol. The topological polar surface area (TPSA) is 94.8 Å². The van der Waals surface area contributed by atoms with Gasteiger partial charge in [-0.05, 0) is 71.2 Å². The van der Waals surface area contributed by atoms with Crippen molar-refractivity contribution in [2.45, 2.75) is 66.5 Å². The van der Waals surface area contributed by atoms with Crippen molar-refractivity contribution < 1.29 is 23.5 Å². The Labute approximate surface area is 164 Å². The van der Waals surface area contributed by atoms with Gasteiger partial charge in [-0.3, -0.25) is 0 Å². The molecule has 1 heterocycles. The Balaban J connectivity index is 2.34. The van der Waals surface area contributed by atoms with Crippen LogP contribution in [-0.4, -0.2) is 23.7 Å². The zero-order valence-corrected chi connectivity index (χ0v) is 17.4. The molecule has 2 rings (SSSR count). The van der Waals surface area contributed by atoms with Crippen molar-refractivity contribution in [2.24, 2.45) is 0 Å². The van der Waals surface area contributed by atoms with Crippen molar-refractivity contribution in [2.75, 3.05) is 0 Å². The number of carbonyl (C=O) groups excluding carboxylic acids is 2. The Bertz CT molecular complexity index is 967. The lowest BCUT2D eigenvalue weighted by Crippen LogP contribution is -2.44. The van der Waals surface area contributed by atoms with Crippen molar-refractivity contribution in [1.82, 2.24) is 5.32 Å². The Morgan fingerprint density at radius 3 is 2.36 bits per heavy atom. The standard InChI is InChI=1S/C21H27NO6/c1-8-14(22-20(25)28-21(5,6)7)19(24)27-16-10-11(2)9-15-17(16)12(3)13(4)18(23)26-15/h9-10,14H,8H2,1-7H3,(H,22,25). The first-order valence-electron chi connectivity index (χ1n) is 9.18. The molecule has 0 aliphatic rings. The summed E-state index contributed by atoms with van der Waals surface area (Å²) in [5, 5.41) is 3.09. The van der Waals surface area contributed by atoms with Crippen molar-refractivity contribution in [3.63, 3.8) is 0 Å². The monoisotopic (exact) mass is 389 g/mol. The Morgan fingerprint density at radius 1 is 1.14 bits per heavy atom. The number of nitrogens with one attached hydrogen (secondary N) is 1. The van der Waals surface area contributed by atoms with Crippen molar-refractivity contribution >= 4 is 23.0 Å². The van der Waals surface area contributed by atoms with Gasteiger partial charge < -0.3 is 19.2 Å². The zero-order valence-electron chi connectivity index (χ0n) is 17.4.